The monoisotopic (exact) mass is 153 g/mol. The van der Waals surface area contributed by atoms with Crippen LogP contribution in [0.1, 0.15) is 12.8 Å². The normalized spacial score (nSPS) is 69.0. The van der Waals surface area contributed by atoms with Crippen molar-refractivity contribution < 1.29 is 0 Å². The summed E-state index contributed by atoms with van der Waals surface area (Å²) in [5.74, 6) is 4.86. The summed E-state index contributed by atoms with van der Waals surface area (Å²) in [5, 5.41) is 0. The van der Waals surface area contributed by atoms with E-state index in [1.165, 1.54) is 12.3 Å². The third-order valence-electron chi connectivity index (χ3n) is 4.35. The van der Waals surface area contributed by atoms with E-state index in [4.69, 9.17) is 0 Å². The highest BCUT2D eigenvalue weighted by atomic mass is 32.2. The highest BCUT2D eigenvalue weighted by molar-refractivity contribution is 7.97. The van der Waals surface area contributed by atoms with Crippen molar-refractivity contribution in [2.24, 2.45) is 17.8 Å². The number of hydrogen-bond donors (Lipinski definition) is 0. The molecule has 2 aliphatic heterocycles. The summed E-state index contributed by atoms with van der Waals surface area (Å²) in [6.07, 6.45) is 3.15. The Morgan fingerprint density at radius 2 is 2.10 bits per heavy atom. The molecular formula is C8H11NS. The largest absolute Gasteiger partial charge is 0.243 e. The van der Waals surface area contributed by atoms with Crippen LogP contribution in [-0.4, -0.2) is 22.1 Å². The topological polar surface area (TPSA) is 3.24 Å². The van der Waals surface area contributed by atoms with E-state index < -0.39 is 0 Å². The fraction of sp³-hybridized carbons (Fsp3) is 1.00. The Morgan fingerprint density at radius 3 is 2.70 bits per heavy atom. The van der Waals surface area contributed by atoms with E-state index in [0.29, 0.717) is 0 Å². The van der Waals surface area contributed by atoms with Crippen LogP contribution >= 0.6 is 11.9 Å². The molecule has 2 heterocycles. The van der Waals surface area contributed by atoms with Crippen LogP contribution in [0.2, 0.25) is 0 Å². The Labute approximate surface area is 65.3 Å². The molecule has 2 aliphatic carbocycles. The minimum Gasteiger partial charge on any atom is -0.243 e. The first-order valence-corrected chi connectivity index (χ1v) is 5.27. The molecule has 0 radical (unpaired) electrons. The lowest BCUT2D eigenvalue weighted by Crippen LogP contribution is -2.81. The highest BCUT2D eigenvalue weighted by Gasteiger charge is 2.77. The predicted molar refractivity (Wildman–Crippen MR) is 41.6 cm³/mol. The van der Waals surface area contributed by atoms with Crippen molar-refractivity contribution in [2.75, 3.05) is 12.3 Å². The summed E-state index contributed by atoms with van der Waals surface area (Å²) in [4.78, 5) is 0. The maximum atomic E-state index is 2.69. The highest BCUT2D eigenvalue weighted by Crippen LogP contribution is 2.75. The third-order valence-corrected chi connectivity index (χ3v) is 5.68. The molecule has 4 atom stereocenters. The van der Waals surface area contributed by atoms with Gasteiger partial charge in [0.15, 0.2) is 0 Å². The van der Waals surface area contributed by atoms with Gasteiger partial charge in [-0.25, -0.2) is 4.31 Å². The second kappa shape index (κ2) is 1.18. The SMILES string of the molecule is C1SN2CC3CC4CC1C432. The lowest BCUT2D eigenvalue weighted by Gasteiger charge is -2.75. The van der Waals surface area contributed by atoms with E-state index >= 15 is 0 Å². The van der Waals surface area contributed by atoms with Gasteiger partial charge in [-0.15, -0.1) is 0 Å². The van der Waals surface area contributed by atoms with Crippen LogP contribution in [-0.2, 0) is 0 Å². The minimum absolute atomic E-state index is 0.824. The molecule has 1 spiro atoms. The molecular weight excluding hydrogens is 142 g/mol. The number of piperidine rings is 1. The predicted octanol–water partition coefficient (Wildman–Crippen LogP) is 1.36. The zero-order valence-electron chi connectivity index (χ0n) is 5.92. The summed E-state index contributed by atoms with van der Waals surface area (Å²) in [6.45, 7) is 1.43. The quantitative estimate of drug-likeness (QED) is 0.483. The van der Waals surface area contributed by atoms with Crippen LogP contribution in [0.5, 0.6) is 0 Å². The summed E-state index contributed by atoms with van der Waals surface area (Å²) >= 11 is 2.13. The van der Waals surface area contributed by atoms with E-state index in [2.05, 4.69) is 16.3 Å². The maximum absolute atomic E-state index is 2.69. The first-order valence-electron chi connectivity index (χ1n) is 4.33. The average Bonchev–Trinajstić information content (AvgIpc) is 2.17. The molecule has 4 unspecified atom stereocenters. The molecule has 4 rings (SSSR count). The Kier molecular flexibility index (Phi) is 0.597. The van der Waals surface area contributed by atoms with E-state index in [0.717, 1.165) is 23.3 Å². The summed E-state index contributed by atoms with van der Waals surface area (Å²) in [5.41, 5.74) is 0.824. The fourth-order valence-corrected chi connectivity index (χ4v) is 5.56. The maximum Gasteiger partial charge on any atom is 0.0419 e. The van der Waals surface area contributed by atoms with Crippen LogP contribution in [0, 0.1) is 17.8 Å². The molecule has 1 nitrogen and oxygen atoms in total. The first kappa shape index (κ1) is 5.04. The van der Waals surface area contributed by atoms with Gasteiger partial charge < -0.3 is 0 Å². The van der Waals surface area contributed by atoms with Gasteiger partial charge in [-0.2, -0.15) is 0 Å². The fourth-order valence-electron chi connectivity index (χ4n) is 3.84. The summed E-state index contributed by atoms with van der Waals surface area (Å²) in [6, 6.07) is 0. The van der Waals surface area contributed by atoms with Crippen LogP contribution < -0.4 is 0 Å². The standard InChI is InChI=1S/C8H11NS/c1-5-2-7-4-10-9-3-6(1)8(5,7)9/h5-7H,1-4H2. The molecule has 0 bridgehead atoms. The molecule has 10 heavy (non-hydrogen) atoms. The van der Waals surface area contributed by atoms with Gasteiger partial charge in [0.25, 0.3) is 0 Å². The van der Waals surface area contributed by atoms with E-state index in [9.17, 15) is 0 Å². The van der Waals surface area contributed by atoms with Gasteiger partial charge in [-0.05, 0) is 30.6 Å². The molecule has 54 valence electrons. The van der Waals surface area contributed by atoms with E-state index in [-0.39, 0.29) is 0 Å². The van der Waals surface area contributed by atoms with Crippen LogP contribution in [0.25, 0.3) is 0 Å². The number of nitrogens with zero attached hydrogens (tertiary/aromatic N) is 1. The van der Waals surface area contributed by atoms with Crippen LogP contribution in [0.15, 0.2) is 0 Å². The van der Waals surface area contributed by atoms with Crippen LogP contribution in [0.4, 0.5) is 0 Å². The Morgan fingerprint density at radius 1 is 1.20 bits per heavy atom. The molecule has 4 aliphatic rings. The molecule has 2 heteroatoms. The van der Waals surface area contributed by atoms with Crippen molar-refractivity contribution in [3.05, 3.63) is 0 Å². The molecule has 0 aromatic carbocycles. The molecule has 2 saturated heterocycles. The molecule has 0 amide bonds. The molecule has 0 N–H and O–H groups in total. The van der Waals surface area contributed by atoms with Gasteiger partial charge >= 0.3 is 0 Å². The van der Waals surface area contributed by atoms with E-state index in [1.807, 2.05) is 0 Å². The number of rotatable bonds is 0. The zero-order chi connectivity index (χ0) is 6.34. The molecule has 4 fully saturated rings. The van der Waals surface area contributed by atoms with Gasteiger partial charge in [0.2, 0.25) is 0 Å². The zero-order valence-corrected chi connectivity index (χ0v) is 6.73. The van der Waals surface area contributed by atoms with Gasteiger partial charge in [-0.3, -0.25) is 0 Å². The second-order valence-electron chi connectivity index (χ2n) is 4.31. The third kappa shape index (κ3) is 0.260. The lowest BCUT2D eigenvalue weighted by molar-refractivity contribution is -0.236. The van der Waals surface area contributed by atoms with Crippen molar-refractivity contribution in [2.45, 2.75) is 18.4 Å². The van der Waals surface area contributed by atoms with Crippen LogP contribution in [0.3, 0.4) is 0 Å². The molecule has 0 aromatic heterocycles. The van der Waals surface area contributed by atoms with Crippen molar-refractivity contribution in [1.82, 2.24) is 4.31 Å². The van der Waals surface area contributed by atoms with Crippen molar-refractivity contribution >= 4 is 11.9 Å². The second-order valence-corrected chi connectivity index (χ2v) is 5.34. The average molecular weight is 153 g/mol. The van der Waals surface area contributed by atoms with Crippen molar-refractivity contribution in [3.63, 3.8) is 0 Å². The Balaban J connectivity index is 1.87. The summed E-state index contributed by atoms with van der Waals surface area (Å²) < 4.78 is 2.69. The van der Waals surface area contributed by atoms with Gasteiger partial charge in [0.1, 0.15) is 0 Å². The molecule has 0 aromatic rings. The van der Waals surface area contributed by atoms with E-state index in [1.54, 1.807) is 12.8 Å². The van der Waals surface area contributed by atoms with Crippen molar-refractivity contribution in [1.29, 1.82) is 0 Å². The number of hydrogen-bond acceptors (Lipinski definition) is 2. The lowest BCUT2D eigenvalue weighted by atomic mass is 9.39. The van der Waals surface area contributed by atoms with Crippen molar-refractivity contribution in [3.8, 4) is 0 Å². The Bertz CT molecular complexity index is 189. The Hall–Kier alpha value is 0.310. The van der Waals surface area contributed by atoms with Gasteiger partial charge in [0, 0.05) is 17.8 Å². The van der Waals surface area contributed by atoms with Gasteiger partial charge in [0.05, 0.1) is 0 Å². The minimum atomic E-state index is 0.824. The molecule has 2 saturated carbocycles. The first-order chi connectivity index (χ1) is 4.92. The smallest absolute Gasteiger partial charge is 0.0419 e. The van der Waals surface area contributed by atoms with Gasteiger partial charge in [-0.1, -0.05) is 11.9 Å². The summed E-state index contributed by atoms with van der Waals surface area (Å²) in [7, 11) is 0.